The van der Waals surface area contributed by atoms with Crippen LogP contribution in [0.15, 0.2) is 58.4 Å². The molecule has 0 bridgehead atoms. The summed E-state index contributed by atoms with van der Waals surface area (Å²) >= 11 is 4.95. The van der Waals surface area contributed by atoms with E-state index in [-0.39, 0.29) is 12.7 Å². The normalized spacial score (nSPS) is 12.1. The van der Waals surface area contributed by atoms with Crippen LogP contribution >= 0.6 is 27.3 Å². The van der Waals surface area contributed by atoms with Crippen LogP contribution in [0.4, 0.5) is 5.69 Å². The lowest BCUT2D eigenvalue weighted by atomic mass is 10.2. The molecule has 7 nitrogen and oxygen atoms in total. The molecule has 0 aliphatic carbocycles. The smallest absolute Gasteiger partial charge is 0.265 e. The third kappa shape index (κ3) is 4.80. The van der Waals surface area contributed by atoms with E-state index in [1.807, 2.05) is 66.4 Å². The highest BCUT2D eigenvalue weighted by Gasteiger charge is 2.15. The number of carbonyl (C=O) groups excluding carboxylic acids is 1. The second-order valence-electron chi connectivity index (χ2n) is 7.92. The first-order valence-corrected chi connectivity index (χ1v) is 12.3. The van der Waals surface area contributed by atoms with Gasteiger partial charge in [0.1, 0.15) is 12.4 Å². The molecule has 0 saturated heterocycles. The van der Waals surface area contributed by atoms with Gasteiger partial charge in [0, 0.05) is 17.3 Å². The van der Waals surface area contributed by atoms with Gasteiger partial charge in [0.2, 0.25) is 6.79 Å². The first-order chi connectivity index (χ1) is 16.5. The third-order valence-corrected chi connectivity index (χ3v) is 7.56. The number of benzene rings is 2. The monoisotopic (exact) mass is 539 g/mol. The van der Waals surface area contributed by atoms with E-state index in [9.17, 15) is 4.79 Å². The molecule has 0 fully saturated rings. The number of hydrogen-bond donors (Lipinski definition) is 1. The molecule has 4 aromatic rings. The highest BCUT2D eigenvalue weighted by atomic mass is 79.9. The van der Waals surface area contributed by atoms with E-state index in [1.54, 1.807) is 6.07 Å². The van der Waals surface area contributed by atoms with Crippen LogP contribution in [0.3, 0.4) is 0 Å². The van der Waals surface area contributed by atoms with Gasteiger partial charge in [-0.05, 0) is 71.1 Å². The van der Waals surface area contributed by atoms with Crippen molar-refractivity contribution in [2.75, 3.05) is 12.1 Å². The molecule has 34 heavy (non-hydrogen) atoms. The van der Waals surface area contributed by atoms with Crippen molar-refractivity contribution in [2.45, 2.75) is 27.0 Å². The van der Waals surface area contributed by atoms with E-state index in [0.29, 0.717) is 35.3 Å². The average Bonchev–Trinajstić information content (AvgIpc) is 3.55. The Kier molecular flexibility index (Phi) is 6.30. The van der Waals surface area contributed by atoms with Crippen LogP contribution in [0.2, 0.25) is 0 Å². The maximum Gasteiger partial charge on any atom is 0.265 e. The summed E-state index contributed by atoms with van der Waals surface area (Å²) in [6.07, 6.45) is 0. The summed E-state index contributed by atoms with van der Waals surface area (Å²) in [5.41, 5.74) is 4.75. The van der Waals surface area contributed by atoms with Crippen molar-refractivity contribution >= 4 is 38.9 Å². The highest BCUT2D eigenvalue weighted by Crippen LogP contribution is 2.35. The lowest BCUT2D eigenvalue weighted by Crippen LogP contribution is -2.11. The number of ether oxygens (including phenoxy) is 3. The second kappa shape index (κ2) is 9.52. The Morgan fingerprint density at radius 2 is 2.00 bits per heavy atom. The number of anilines is 1. The van der Waals surface area contributed by atoms with Crippen LogP contribution in [-0.2, 0) is 13.2 Å². The molecule has 174 valence electrons. The minimum atomic E-state index is -0.148. The van der Waals surface area contributed by atoms with Crippen molar-refractivity contribution in [2.24, 2.45) is 0 Å². The van der Waals surface area contributed by atoms with Crippen LogP contribution in [0.1, 0.15) is 32.2 Å². The summed E-state index contributed by atoms with van der Waals surface area (Å²) in [6.45, 7) is 5.21. The van der Waals surface area contributed by atoms with Crippen molar-refractivity contribution < 1.29 is 19.0 Å². The fraction of sp³-hybridized carbons (Fsp3) is 0.200. The summed E-state index contributed by atoms with van der Waals surface area (Å²) in [5, 5.41) is 9.48. The van der Waals surface area contributed by atoms with Crippen molar-refractivity contribution in [1.29, 1.82) is 0 Å². The molecule has 3 heterocycles. The van der Waals surface area contributed by atoms with Gasteiger partial charge in [-0.3, -0.25) is 9.48 Å². The molecule has 0 saturated carbocycles. The van der Waals surface area contributed by atoms with Gasteiger partial charge in [-0.1, -0.05) is 12.1 Å². The molecule has 9 heteroatoms. The zero-order chi connectivity index (χ0) is 23.7. The summed E-state index contributed by atoms with van der Waals surface area (Å²) in [6, 6.07) is 15.1. The number of rotatable bonds is 7. The first-order valence-electron chi connectivity index (χ1n) is 10.7. The molecule has 1 amide bonds. The molecule has 1 aliphatic rings. The van der Waals surface area contributed by atoms with Gasteiger partial charge >= 0.3 is 0 Å². The van der Waals surface area contributed by atoms with Gasteiger partial charge in [-0.25, -0.2) is 0 Å². The molecule has 0 radical (unpaired) electrons. The number of aromatic nitrogens is 2. The second-order valence-corrected chi connectivity index (χ2v) is 9.62. The molecule has 5 rings (SSSR count). The van der Waals surface area contributed by atoms with E-state index in [2.05, 4.69) is 26.3 Å². The fourth-order valence-electron chi connectivity index (χ4n) is 3.65. The lowest BCUT2D eigenvalue weighted by molar-refractivity contribution is 0.103. The van der Waals surface area contributed by atoms with Gasteiger partial charge in [0.25, 0.3) is 5.91 Å². The molecular weight excluding hydrogens is 518 g/mol. The number of hydrogen-bond acceptors (Lipinski definition) is 6. The van der Waals surface area contributed by atoms with Crippen LogP contribution in [-0.4, -0.2) is 22.5 Å². The Labute approximate surface area is 209 Å². The fourth-order valence-corrected chi connectivity index (χ4v) is 4.72. The Morgan fingerprint density at radius 3 is 2.82 bits per heavy atom. The van der Waals surface area contributed by atoms with Crippen LogP contribution in [0.25, 0.3) is 0 Å². The van der Waals surface area contributed by atoms with Crippen LogP contribution in [0.5, 0.6) is 17.2 Å². The maximum atomic E-state index is 12.8. The number of fused-ring (bicyclic) bond motifs is 1. The van der Waals surface area contributed by atoms with E-state index < -0.39 is 0 Å². The highest BCUT2D eigenvalue weighted by molar-refractivity contribution is 9.10. The Morgan fingerprint density at radius 1 is 1.15 bits per heavy atom. The Hall–Kier alpha value is -3.30. The van der Waals surface area contributed by atoms with Crippen LogP contribution in [0, 0.1) is 13.8 Å². The van der Waals surface area contributed by atoms with E-state index in [0.717, 1.165) is 32.7 Å². The minimum Gasteiger partial charge on any atom is -0.489 e. The number of aryl methyl sites for hydroxylation is 1. The standard InChI is InChI=1S/C25H22BrN3O4S/c1-15-24(26)16(2)29(28-15)11-17-4-3-5-19(8-17)27-25(30)23-9-18(13-34-23)12-31-20-6-7-21-22(10-20)33-14-32-21/h3-10,13H,11-12,14H2,1-2H3,(H,27,30). The summed E-state index contributed by atoms with van der Waals surface area (Å²) in [5.74, 6) is 1.93. The van der Waals surface area contributed by atoms with E-state index in [4.69, 9.17) is 14.2 Å². The Balaban J connectivity index is 1.20. The molecule has 2 aromatic carbocycles. The maximum absolute atomic E-state index is 12.8. The van der Waals surface area contributed by atoms with Crippen molar-refractivity contribution in [3.63, 3.8) is 0 Å². The predicted octanol–water partition coefficient (Wildman–Crippen LogP) is 5.93. The largest absolute Gasteiger partial charge is 0.489 e. The minimum absolute atomic E-state index is 0.148. The molecule has 0 spiro atoms. The average molecular weight is 540 g/mol. The first kappa shape index (κ1) is 22.5. The van der Waals surface area contributed by atoms with Gasteiger partial charge in [-0.2, -0.15) is 5.10 Å². The number of halogens is 1. The third-order valence-electron chi connectivity index (χ3n) is 5.44. The SMILES string of the molecule is Cc1nn(Cc2cccc(NC(=O)c3cc(COc4ccc5c(c4)OCO5)cs3)c2)c(C)c1Br. The van der Waals surface area contributed by atoms with Crippen LogP contribution < -0.4 is 19.5 Å². The number of thiophene rings is 1. The summed E-state index contributed by atoms with van der Waals surface area (Å²) in [7, 11) is 0. The van der Waals surface area contributed by atoms with Gasteiger partial charge in [-0.15, -0.1) is 11.3 Å². The van der Waals surface area contributed by atoms with Crippen molar-refractivity contribution in [1.82, 2.24) is 9.78 Å². The molecule has 0 atom stereocenters. The summed E-state index contributed by atoms with van der Waals surface area (Å²) < 4.78 is 19.5. The number of nitrogens with one attached hydrogen (secondary N) is 1. The van der Waals surface area contributed by atoms with Gasteiger partial charge < -0.3 is 19.5 Å². The molecule has 1 aliphatic heterocycles. The van der Waals surface area contributed by atoms with Gasteiger partial charge in [0.05, 0.1) is 27.3 Å². The zero-order valence-electron chi connectivity index (χ0n) is 18.6. The van der Waals surface area contributed by atoms with E-state index in [1.165, 1.54) is 11.3 Å². The number of amides is 1. The Bertz CT molecular complexity index is 1360. The van der Waals surface area contributed by atoms with Crippen molar-refractivity contribution in [3.8, 4) is 17.2 Å². The van der Waals surface area contributed by atoms with Gasteiger partial charge in [0.15, 0.2) is 11.5 Å². The topological polar surface area (TPSA) is 74.6 Å². The lowest BCUT2D eigenvalue weighted by Gasteiger charge is -2.08. The molecular formula is C25H22BrN3O4S. The zero-order valence-corrected chi connectivity index (χ0v) is 21.0. The quantitative estimate of drug-likeness (QED) is 0.315. The molecule has 1 N–H and O–H groups in total. The summed E-state index contributed by atoms with van der Waals surface area (Å²) in [4.78, 5) is 13.4. The molecule has 2 aromatic heterocycles. The number of carbonyl (C=O) groups is 1. The van der Waals surface area contributed by atoms with E-state index >= 15 is 0 Å². The molecule has 0 unspecified atom stereocenters. The predicted molar refractivity (Wildman–Crippen MR) is 134 cm³/mol. The number of nitrogens with zero attached hydrogens (tertiary/aromatic N) is 2. The van der Waals surface area contributed by atoms with Crippen molar-refractivity contribution in [3.05, 3.63) is 85.8 Å².